The second-order valence-corrected chi connectivity index (χ2v) is 20.3. The average Bonchev–Trinajstić information content (AvgIpc) is 3.47. The molecule has 21 N–H and O–H groups in total. The third kappa shape index (κ3) is 16.3. The number of nitrogens with one attached hydrogen (secondary N) is 3. The fraction of sp³-hybridized carbons (Fsp3) is 0.929. The second kappa shape index (κ2) is 29.8. The van der Waals surface area contributed by atoms with E-state index in [9.17, 15) is 114 Å². The first-order valence-electron chi connectivity index (χ1n) is 24.7. The third-order valence-electron chi connectivity index (χ3n) is 13.5. The summed E-state index contributed by atoms with van der Waals surface area (Å²) < 4.78 is 95.3. The van der Waals surface area contributed by atoms with Crippen LogP contribution < -0.4 is 16.0 Å². The third-order valence-corrected chi connectivity index (χ3v) is 13.9. The lowest BCUT2D eigenvalue weighted by molar-refractivity contribution is -0.383. The van der Waals surface area contributed by atoms with Crippen molar-refractivity contribution in [2.45, 2.75) is 199 Å². The summed E-state index contributed by atoms with van der Waals surface area (Å²) in [6.45, 7) is -4.78. The van der Waals surface area contributed by atoms with Crippen molar-refractivity contribution in [1.82, 2.24) is 16.0 Å². The van der Waals surface area contributed by atoms with Crippen molar-refractivity contribution in [3.05, 3.63) is 0 Å². The highest BCUT2D eigenvalue weighted by Gasteiger charge is 2.58. The van der Waals surface area contributed by atoms with Gasteiger partial charge in [-0.3, -0.25) is 18.9 Å². The van der Waals surface area contributed by atoms with Crippen LogP contribution in [0.25, 0.3) is 0 Å². The maximum atomic E-state index is 12.7. The van der Waals surface area contributed by atoms with E-state index in [1.165, 1.54) is 0 Å². The van der Waals surface area contributed by atoms with Crippen molar-refractivity contribution < 1.29 is 166 Å². The summed E-state index contributed by atoms with van der Waals surface area (Å²) in [4.78, 5) is 37.2. The van der Waals surface area contributed by atoms with Crippen LogP contribution in [0.3, 0.4) is 0 Å². The molecule has 0 saturated carbocycles. The van der Waals surface area contributed by atoms with Gasteiger partial charge in [0.15, 0.2) is 31.5 Å². The smallest absolute Gasteiger partial charge is 0.394 e. The second-order valence-electron chi connectivity index (χ2n) is 19.3. The fourth-order valence-electron chi connectivity index (χ4n) is 9.46. The van der Waals surface area contributed by atoms with Crippen LogP contribution in [-0.2, 0) is 76.3 Å². The van der Waals surface area contributed by atoms with E-state index in [-0.39, 0.29) is 0 Å². The van der Waals surface area contributed by atoms with E-state index < -0.39 is 252 Å². The van der Waals surface area contributed by atoms with Gasteiger partial charge in [0.05, 0.1) is 52.3 Å². The monoisotopic (exact) mass is 1200 g/mol. The fourth-order valence-corrected chi connectivity index (χ4v) is 9.77. The summed E-state index contributed by atoms with van der Waals surface area (Å²) in [5, 5.41) is 189. The molecule has 0 spiro atoms. The molecule has 5 fully saturated rings. The number of carbonyl (C=O) groups is 3. The molecule has 466 valence electrons. The molecule has 0 unspecified atom stereocenters. The molecule has 38 heteroatoms. The Bertz CT molecular complexity index is 2070. The lowest BCUT2D eigenvalue weighted by Crippen LogP contribution is -2.70. The Morgan fingerprint density at radius 2 is 0.875 bits per heavy atom. The van der Waals surface area contributed by atoms with Crippen molar-refractivity contribution in [3.8, 4) is 0 Å². The molecule has 0 bridgehead atoms. The highest BCUT2D eigenvalue weighted by Crippen LogP contribution is 2.37. The lowest BCUT2D eigenvalue weighted by Gasteiger charge is -2.51. The molecule has 5 aliphatic heterocycles. The summed E-state index contributed by atoms with van der Waals surface area (Å²) in [5.41, 5.74) is 0. The van der Waals surface area contributed by atoms with Gasteiger partial charge in [0.1, 0.15) is 140 Å². The van der Waals surface area contributed by atoms with E-state index in [1.54, 1.807) is 0 Å². The number of carbonyl (C=O) groups excluding carboxylic acids is 3. The SMILES string of the molecule is CC(=O)N[C@H]1[C@H](O[C@H]2[C@@H](O)[C@@H](CO)O[C@@H](O[C@H]3[C@H](O)[C@@H](NC(C)=O)[C@H](O[C@H]4[C@@H](O)[C@@H](CO)O[C@@H](O[C@@H]([C@@H](O)[C@H](O)CO)[C@H](CO)NC(C)=O)[C@@H]4O)O[C@@H]3COS(=O)(=O)O)[C@@H]2O)O[C@H](CO)[C@@H](O[C@@H]2O[C@H](CO)[C@H](O)[C@H](O)[C@H]2O)[C@@H]1O. The lowest BCUT2D eigenvalue weighted by atomic mass is 9.94. The zero-order valence-electron chi connectivity index (χ0n) is 42.7. The molecule has 80 heavy (non-hydrogen) atoms. The van der Waals surface area contributed by atoms with E-state index in [2.05, 4.69) is 20.1 Å². The van der Waals surface area contributed by atoms with Crippen molar-refractivity contribution in [2.75, 3.05) is 46.2 Å². The molecule has 0 radical (unpaired) electrons. The summed E-state index contributed by atoms with van der Waals surface area (Å²) in [6.07, 6.45) is -53.3. The summed E-state index contributed by atoms with van der Waals surface area (Å²) in [5.74, 6) is -2.68. The minimum atomic E-state index is -5.43. The number of amides is 3. The Balaban J connectivity index is 1.45. The molecule has 0 aliphatic carbocycles. The minimum Gasteiger partial charge on any atom is -0.394 e. The van der Waals surface area contributed by atoms with Crippen LogP contribution in [0.1, 0.15) is 20.8 Å². The average molecular weight is 1200 g/mol. The van der Waals surface area contributed by atoms with Gasteiger partial charge < -0.3 is 150 Å². The standard InChI is InChI=1S/C42H73N3O34S/c1-11(52)43-14(4-46)33(23(56)15(55)5-47)75-41-31(64)36(25(58)17(7-49)71-41)79-39-22(45-13(3)54)28(61)35(20(74-39)10-69-80(66,67)68)77-42-32(65)37(26(59)18(8-50)72-42)78-38-21(44-12(2)53)27(60)34(19(9-51)73-38)76-40-30(63)29(62)24(57)16(6-48)70-40/h14-42,46-51,55-65H,4-10H2,1-3H3,(H,43,52)(H,44,53)(H,45,54)(H,66,67,68)/t14-,15+,16+,17+,18+,19+,20+,21+,22+,23-,24-,25-,26-,27+,28+,29-,30+,31+,32+,33+,34+,35+,36-,37-,38-,39-,40-,41-,42-/m0/s1. The summed E-state index contributed by atoms with van der Waals surface area (Å²) >= 11 is 0. The zero-order chi connectivity index (χ0) is 59.8. The van der Waals surface area contributed by atoms with Gasteiger partial charge in [0.2, 0.25) is 17.7 Å². The number of hydrogen-bond donors (Lipinski definition) is 21. The van der Waals surface area contributed by atoms with E-state index >= 15 is 0 Å². The maximum Gasteiger partial charge on any atom is 0.397 e. The van der Waals surface area contributed by atoms with Gasteiger partial charge in [-0.25, -0.2) is 4.18 Å². The van der Waals surface area contributed by atoms with Crippen LogP contribution in [0.15, 0.2) is 0 Å². The summed E-state index contributed by atoms with van der Waals surface area (Å²) in [6, 6.07) is -5.43. The number of aliphatic hydroxyl groups excluding tert-OH is 17. The van der Waals surface area contributed by atoms with Gasteiger partial charge >= 0.3 is 10.4 Å². The quantitative estimate of drug-likeness (QED) is 0.0378. The zero-order valence-corrected chi connectivity index (χ0v) is 43.5. The van der Waals surface area contributed by atoms with Gasteiger partial charge in [0, 0.05) is 20.8 Å². The van der Waals surface area contributed by atoms with Crippen molar-refractivity contribution in [2.24, 2.45) is 0 Å². The molecule has 5 saturated heterocycles. The van der Waals surface area contributed by atoms with Crippen molar-refractivity contribution >= 4 is 28.1 Å². The topological polar surface area (TPSA) is 587 Å². The van der Waals surface area contributed by atoms with E-state index in [0.29, 0.717) is 0 Å². The predicted molar refractivity (Wildman–Crippen MR) is 247 cm³/mol. The minimum absolute atomic E-state index is 0.807. The van der Waals surface area contributed by atoms with Crippen LogP contribution in [-0.4, -0.2) is 342 Å². The Kier molecular flexibility index (Phi) is 25.3. The van der Waals surface area contributed by atoms with Crippen LogP contribution in [0.2, 0.25) is 0 Å². The Morgan fingerprint density at radius 1 is 0.475 bits per heavy atom. The molecule has 37 nitrogen and oxygen atoms in total. The molecule has 5 aliphatic rings. The molecular formula is C42H73N3O34S. The van der Waals surface area contributed by atoms with Crippen LogP contribution in [0.5, 0.6) is 0 Å². The largest absolute Gasteiger partial charge is 0.397 e. The molecule has 0 aromatic heterocycles. The number of rotatable bonds is 25. The molecule has 5 rings (SSSR count). The number of ether oxygens (including phenoxy) is 10. The van der Waals surface area contributed by atoms with Crippen LogP contribution >= 0.6 is 0 Å². The van der Waals surface area contributed by atoms with Gasteiger partial charge in [0.25, 0.3) is 0 Å². The Morgan fingerprint density at radius 3 is 1.30 bits per heavy atom. The summed E-state index contributed by atoms with van der Waals surface area (Å²) in [7, 11) is -5.43. The highest BCUT2D eigenvalue weighted by atomic mass is 32.3. The molecule has 29 atom stereocenters. The first kappa shape index (κ1) is 68.0. The van der Waals surface area contributed by atoms with Crippen LogP contribution in [0, 0.1) is 0 Å². The van der Waals surface area contributed by atoms with E-state index in [4.69, 9.17) is 47.4 Å². The van der Waals surface area contributed by atoms with Gasteiger partial charge in [-0.1, -0.05) is 0 Å². The first-order valence-corrected chi connectivity index (χ1v) is 26.0. The number of aliphatic hydroxyl groups is 17. The number of hydrogen-bond acceptors (Lipinski definition) is 33. The Labute approximate surface area is 453 Å². The van der Waals surface area contributed by atoms with Crippen molar-refractivity contribution in [3.63, 3.8) is 0 Å². The van der Waals surface area contributed by atoms with Crippen molar-refractivity contribution in [1.29, 1.82) is 0 Å². The molecule has 3 amide bonds. The van der Waals surface area contributed by atoms with E-state index in [0.717, 1.165) is 20.8 Å². The maximum absolute atomic E-state index is 12.7. The first-order chi connectivity index (χ1) is 37.6. The van der Waals surface area contributed by atoms with Gasteiger partial charge in [-0.05, 0) is 0 Å². The van der Waals surface area contributed by atoms with Gasteiger partial charge in [-0.2, -0.15) is 8.42 Å². The molecule has 5 heterocycles. The Hall–Kier alpha value is -2.80. The normalized spacial score (nSPS) is 42.4. The van der Waals surface area contributed by atoms with E-state index in [1.807, 2.05) is 0 Å². The molecular weight excluding hydrogens is 1120 g/mol. The van der Waals surface area contributed by atoms with Crippen LogP contribution in [0.4, 0.5) is 0 Å². The van der Waals surface area contributed by atoms with Gasteiger partial charge in [-0.15, -0.1) is 0 Å². The predicted octanol–water partition coefficient (Wildman–Crippen LogP) is -14.2. The molecule has 0 aromatic carbocycles. The highest BCUT2D eigenvalue weighted by molar-refractivity contribution is 7.80. The molecule has 0 aromatic rings.